The second-order valence-corrected chi connectivity index (χ2v) is 8.10. The van der Waals surface area contributed by atoms with Crippen molar-refractivity contribution in [3.63, 3.8) is 0 Å². The predicted octanol–water partition coefficient (Wildman–Crippen LogP) is 2.84. The summed E-state index contributed by atoms with van der Waals surface area (Å²) in [5.41, 5.74) is 22.9. The molecule has 0 fully saturated rings. The molecule has 0 aliphatic heterocycles. The molecule has 0 spiro atoms. The van der Waals surface area contributed by atoms with Gasteiger partial charge in [0.1, 0.15) is 5.69 Å². The van der Waals surface area contributed by atoms with E-state index in [1.54, 1.807) is 54.1 Å². The molecule has 12 nitrogen and oxygen atoms in total. The van der Waals surface area contributed by atoms with E-state index < -0.39 is 0 Å². The van der Waals surface area contributed by atoms with Crippen LogP contribution < -0.4 is 17.2 Å². The van der Waals surface area contributed by atoms with Crippen LogP contribution in [0.4, 0.5) is 17.1 Å². The average Bonchev–Trinajstić information content (AvgIpc) is 3.55. The zero-order valence-electron chi connectivity index (χ0n) is 19.4. The van der Waals surface area contributed by atoms with E-state index in [9.17, 15) is 0 Å². The minimum absolute atomic E-state index is 0.609. The average molecular weight is 537 g/mol. The number of hydrogen-bond donors (Lipinski definition) is 3. The van der Waals surface area contributed by atoms with E-state index in [-0.39, 0.29) is 0 Å². The van der Waals surface area contributed by atoms with Crippen molar-refractivity contribution in [3.8, 4) is 11.4 Å². The van der Waals surface area contributed by atoms with Crippen molar-refractivity contribution >= 4 is 33.0 Å². The summed E-state index contributed by atoms with van der Waals surface area (Å²) < 4.78 is 2.60. The monoisotopic (exact) mass is 536 g/mol. The standard InChI is InChI=1S/2C8H9N5.C6H7BrN2/c1-6-8(4-7(9)5-10-6)13-3-2-11-12-13;1-6-8(4-7(9)5-10-6)13-11-2-3-12-13;1-4-6(7)2-5(8)3-9-4/h2*2-5H,9H2,1H3;2-3H,8H2,1H3. The summed E-state index contributed by atoms with van der Waals surface area (Å²) >= 11 is 3.30. The Morgan fingerprint density at radius 1 is 0.686 bits per heavy atom. The predicted molar refractivity (Wildman–Crippen MR) is 138 cm³/mol. The summed E-state index contributed by atoms with van der Waals surface area (Å²) in [6, 6.07) is 5.45. The van der Waals surface area contributed by atoms with Crippen molar-refractivity contribution in [2.75, 3.05) is 17.2 Å². The van der Waals surface area contributed by atoms with Crippen LogP contribution >= 0.6 is 15.9 Å². The lowest BCUT2D eigenvalue weighted by molar-refractivity contribution is 0.742. The largest absolute Gasteiger partial charge is 0.397 e. The van der Waals surface area contributed by atoms with Gasteiger partial charge in [-0.15, -0.1) is 9.90 Å². The molecule has 13 heteroatoms. The quantitative estimate of drug-likeness (QED) is 0.303. The molecule has 0 saturated carbocycles. The van der Waals surface area contributed by atoms with Crippen LogP contribution in [0.15, 0.2) is 66.0 Å². The second-order valence-electron chi connectivity index (χ2n) is 7.25. The van der Waals surface area contributed by atoms with Crippen molar-refractivity contribution < 1.29 is 0 Å². The van der Waals surface area contributed by atoms with Gasteiger partial charge in [0.2, 0.25) is 0 Å². The van der Waals surface area contributed by atoms with Crippen LogP contribution in [0.1, 0.15) is 17.1 Å². The molecule has 35 heavy (non-hydrogen) atoms. The highest BCUT2D eigenvalue weighted by molar-refractivity contribution is 9.10. The second kappa shape index (κ2) is 11.7. The third-order valence-corrected chi connectivity index (χ3v) is 5.32. The van der Waals surface area contributed by atoms with Gasteiger partial charge in [0.15, 0.2) is 0 Å². The van der Waals surface area contributed by atoms with Gasteiger partial charge in [-0.3, -0.25) is 15.0 Å². The fraction of sp³-hybridized carbons (Fsp3) is 0.136. The Morgan fingerprint density at radius 2 is 1.20 bits per heavy atom. The van der Waals surface area contributed by atoms with Crippen molar-refractivity contribution in [1.29, 1.82) is 0 Å². The first-order valence-corrected chi connectivity index (χ1v) is 11.1. The van der Waals surface area contributed by atoms with Crippen molar-refractivity contribution in [2.45, 2.75) is 20.8 Å². The molecule has 180 valence electrons. The molecule has 0 bridgehead atoms. The van der Waals surface area contributed by atoms with Crippen LogP contribution in [0.3, 0.4) is 0 Å². The summed E-state index contributed by atoms with van der Waals surface area (Å²) in [5, 5.41) is 15.6. The Bertz CT molecular complexity index is 1290. The topological polar surface area (TPSA) is 178 Å². The normalized spacial score (nSPS) is 10.1. The molecule has 5 aromatic heterocycles. The zero-order valence-corrected chi connectivity index (χ0v) is 21.0. The Kier molecular flexibility index (Phi) is 8.40. The van der Waals surface area contributed by atoms with Gasteiger partial charge in [-0.25, -0.2) is 4.68 Å². The number of nitrogens with zero attached hydrogens (tertiary/aromatic N) is 9. The van der Waals surface area contributed by atoms with Crippen LogP contribution in [0.5, 0.6) is 0 Å². The van der Waals surface area contributed by atoms with E-state index in [2.05, 4.69) is 51.4 Å². The maximum atomic E-state index is 5.61. The number of aromatic nitrogens is 9. The van der Waals surface area contributed by atoms with E-state index in [1.807, 2.05) is 32.9 Å². The third-order valence-electron chi connectivity index (χ3n) is 4.51. The lowest BCUT2D eigenvalue weighted by atomic mass is 10.3. The van der Waals surface area contributed by atoms with Crippen LogP contribution in [0, 0.1) is 20.8 Å². The van der Waals surface area contributed by atoms with Crippen molar-refractivity contribution in [1.82, 2.24) is 44.9 Å². The molecule has 0 unspecified atom stereocenters. The molecule has 6 N–H and O–H groups in total. The minimum atomic E-state index is 0.609. The molecule has 0 saturated heterocycles. The number of pyridine rings is 3. The molecule has 0 amide bonds. The fourth-order valence-corrected chi connectivity index (χ4v) is 3.07. The molecule has 5 aromatic rings. The highest BCUT2D eigenvalue weighted by atomic mass is 79.9. The van der Waals surface area contributed by atoms with Gasteiger partial charge in [-0.05, 0) is 54.9 Å². The van der Waals surface area contributed by atoms with Gasteiger partial charge in [0, 0.05) is 4.47 Å². The maximum absolute atomic E-state index is 5.61. The number of rotatable bonds is 2. The summed E-state index contributed by atoms with van der Waals surface area (Å²) in [4.78, 5) is 13.7. The van der Waals surface area contributed by atoms with Gasteiger partial charge < -0.3 is 17.2 Å². The Balaban J connectivity index is 0.000000150. The number of hydrogen-bond acceptors (Lipinski definition) is 10. The van der Waals surface area contributed by atoms with Gasteiger partial charge >= 0.3 is 0 Å². The van der Waals surface area contributed by atoms with E-state index in [0.717, 1.165) is 32.9 Å². The van der Waals surface area contributed by atoms with E-state index >= 15 is 0 Å². The van der Waals surface area contributed by atoms with Crippen LogP contribution in [-0.2, 0) is 0 Å². The third kappa shape index (κ3) is 7.04. The first kappa shape index (κ1) is 25.2. The number of nitrogen functional groups attached to an aromatic ring is 3. The van der Waals surface area contributed by atoms with Crippen LogP contribution in [0.2, 0.25) is 0 Å². The highest BCUT2D eigenvalue weighted by Gasteiger charge is 2.04. The zero-order chi connectivity index (χ0) is 25.4. The summed E-state index contributed by atoms with van der Waals surface area (Å²) in [5.74, 6) is 0. The maximum Gasteiger partial charge on any atom is 0.109 e. The number of aryl methyl sites for hydroxylation is 3. The SMILES string of the molecule is Cc1ncc(N)cc1-n1ccnn1.Cc1ncc(N)cc1-n1nccn1.Cc1ncc(N)cc1Br. The van der Waals surface area contributed by atoms with Gasteiger partial charge in [0.25, 0.3) is 0 Å². The Hall–Kier alpha value is -4.39. The van der Waals surface area contributed by atoms with E-state index in [1.165, 1.54) is 4.80 Å². The minimum Gasteiger partial charge on any atom is -0.397 e. The fourth-order valence-electron chi connectivity index (χ4n) is 2.71. The summed E-state index contributed by atoms with van der Waals surface area (Å²) in [7, 11) is 0. The number of anilines is 3. The highest BCUT2D eigenvalue weighted by Crippen LogP contribution is 2.15. The van der Waals surface area contributed by atoms with Crippen LogP contribution in [-0.4, -0.2) is 44.9 Å². The first-order chi connectivity index (χ1) is 16.7. The molecular formula is C22H25BrN12. The smallest absolute Gasteiger partial charge is 0.109 e. The Labute approximate surface area is 210 Å². The van der Waals surface area contributed by atoms with E-state index in [4.69, 9.17) is 17.2 Å². The van der Waals surface area contributed by atoms with Crippen molar-refractivity contribution in [3.05, 3.63) is 83.1 Å². The molecule has 0 atom stereocenters. The van der Waals surface area contributed by atoms with Crippen LogP contribution in [0.25, 0.3) is 11.4 Å². The summed E-state index contributed by atoms with van der Waals surface area (Å²) in [6.45, 7) is 5.71. The molecule has 0 radical (unpaired) electrons. The van der Waals surface area contributed by atoms with Gasteiger partial charge in [-0.1, -0.05) is 5.21 Å². The molecule has 0 aliphatic carbocycles. The van der Waals surface area contributed by atoms with Crippen molar-refractivity contribution in [2.24, 2.45) is 0 Å². The van der Waals surface area contributed by atoms with Gasteiger partial charge in [0.05, 0.1) is 83.2 Å². The molecule has 0 aromatic carbocycles. The van der Waals surface area contributed by atoms with Gasteiger partial charge in [-0.2, -0.15) is 10.2 Å². The molecule has 5 rings (SSSR count). The molecule has 0 aliphatic rings. The Morgan fingerprint density at radius 3 is 1.71 bits per heavy atom. The molecular weight excluding hydrogens is 512 g/mol. The number of halogens is 1. The summed E-state index contributed by atoms with van der Waals surface area (Å²) in [6.07, 6.45) is 11.5. The first-order valence-electron chi connectivity index (χ1n) is 10.3. The van der Waals surface area contributed by atoms with E-state index in [0.29, 0.717) is 17.1 Å². The lowest BCUT2D eigenvalue weighted by Crippen LogP contribution is -2.03. The molecule has 5 heterocycles. The lowest BCUT2D eigenvalue weighted by Gasteiger charge is -2.04. The number of nitrogens with two attached hydrogens (primary N) is 3.